The molecule has 1 aromatic rings. The number of carbonyl (C=O) groups is 1. The Morgan fingerprint density at radius 1 is 1.60 bits per heavy atom. The van der Waals surface area contributed by atoms with Gasteiger partial charge in [0.2, 0.25) is 0 Å². The van der Waals surface area contributed by atoms with Crippen LogP contribution in [0.25, 0.3) is 0 Å². The quantitative estimate of drug-likeness (QED) is 0.808. The third-order valence-corrected chi connectivity index (χ3v) is 2.01. The number of urea groups is 1. The van der Waals surface area contributed by atoms with Crippen LogP contribution in [0.2, 0.25) is 5.02 Å². The largest absolute Gasteiger partial charge is 0.338 e. The average molecular weight is 224 g/mol. The SMILES string of the molecule is CCNC(=O)Nc1cc(C#N)ccc1Cl. The van der Waals surface area contributed by atoms with Crippen molar-refractivity contribution in [3.05, 3.63) is 28.8 Å². The molecule has 4 nitrogen and oxygen atoms in total. The normalized spacial score (nSPS) is 9.13. The lowest BCUT2D eigenvalue weighted by Crippen LogP contribution is -2.28. The molecule has 0 atom stereocenters. The van der Waals surface area contributed by atoms with Crippen molar-refractivity contribution in [2.24, 2.45) is 0 Å². The molecule has 0 aliphatic carbocycles. The summed E-state index contributed by atoms with van der Waals surface area (Å²) in [5.74, 6) is 0. The van der Waals surface area contributed by atoms with Crippen LogP contribution in [-0.4, -0.2) is 12.6 Å². The second kappa shape index (κ2) is 5.23. The van der Waals surface area contributed by atoms with Gasteiger partial charge >= 0.3 is 6.03 Å². The van der Waals surface area contributed by atoms with Gasteiger partial charge in [-0.15, -0.1) is 0 Å². The van der Waals surface area contributed by atoms with Gasteiger partial charge in [-0.2, -0.15) is 5.26 Å². The maximum atomic E-state index is 11.2. The van der Waals surface area contributed by atoms with E-state index in [1.165, 1.54) is 6.07 Å². The van der Waals surface area contributed by atoms with E-state index in [1.807, 2.05) is 13.0 Å². The van der Waals surface area contributed by atoms with Crippen molar-refractivity contribution in [1.29, 1.82) is 5.26 Å². The first kappa shape index (κ1) is 11.3. The van der Waals surface area contributed by atoms with Crippen LogP contribution in [-0.2, 0) is 0 Å². The standard InChI is InChI=1S/C10H10ClN3O/c1-2-13-10(15)14-9-5-7(6-12)3-4-8(9)11/h3-5H,2H2,1H3,(H2,13,14,15). The number of hydrogen-bond donors (Lipinski definition) is 2. The number of hydrogen-bond acceptors (Lipinski definition) is 2. The van der Waals surface area contributed by atoms with Crippen LogP contribution in [0.1, 0.15) is 12.5 Å². The zero-order valence-electron chi connectivity index (χ0n) is 8.17. The maximum Gasteiger partial charge on any atom is 0.319 e. The van der Waals surface area contributed by atoms with Crippen molar-refractivity contribution in [2.75, 3.05) is 11.9 Å². The van der Waals surface area contributed by atoms with Crippen LogP contribution in [0.15, 0.2) is 18.2 Å². The van der Waals surface area contributed by atoms with Crippen molar-refractivity contribution < 1.29 is 4.79 Å². The van der Waals surface area contributed by atoms with Crippen LogP contribution in [0.5, 0.6) is 0 Å². The van der Waals surface area contributed by atoms with Crippen LogP contribution in [0, 0.1) is 11.3 Å². The molecule has 78 valence electrons. The number of nitriles is 1. The van der Waals surface area contributed by atoms with Gasteiger partial charge in [0.05, 0.1) is 22.3 Å². The second-order valence-corrected chi connectivity index (χ2v) is 3.20. The minimum Gasteiger partial charge on any atom is -0.338 e. The molecule has 0 heterocycles. The number of anilines is 1. The average Bonchev–Trinajstić information content (AvgIpc) is 2.21. The zero-order chi connectivity index (χ0) is 11.3. The first-order chi connectivity index (χ1) is 7.17. The van der Waals surface area contributed by atoms with Gasteiger partial charge in [0.1, 0.15) is 0 Å². The minimum atomic E-state index is -0.338. The Labute approximate surface area is 92.8 Å². The fraction of sp³-hybridized carbons (Fsp3) is 0.200. The molecule has 2 amide bonds. The van der Waals surface area contributed by atoms with Crippen LogP contribution in [0.3, 0.4) is 0 Å². The van der Waals surface area contributed by atoms with Gasteiger partial charge in [0.25, 0.3) is 0 Å². The maximum absolute atomic E-state index is 11.2. The molecule has 0 aliphatic rings. The van der Waals surface area contributed by atoms with E-state index in [4.69, 9.17) is 16.9 Å². The Hall–Kier alpha value is -1.73. The highest BCUT2D eigenvalue weighted by Gasteiger charge is 2.05. The van der Waals surface area contributed by atoms with E-state index in [-0.39, 0.29) is 6.03 Å². The number of nitrogens with one attached hydrogen (secondary N) is 2. The number of carbonyl (C=O) groups excluding carboxylic acids is 1. The summed E-state index contributed by atoms with van der Waals surface area (Å²) in [6.07, 6.45) is 0. The monoisotopic (exact) mass is 223 g/mol. The molecule has 0 saturated carbocycles. The summed E-state index contributed by atoms with van der Waals surface area (Å²) < 4.78 is 0. The molecule has 0 saturated heterocycles. The third kappa shape index (κ3) is 3.15. The summed E-state index contributed by atoms with van der Waals surface area (Å²) in [4.78, 5) is 11.2. The predicted octanol–water partition coefficient (Wildman–Crippen LogP) is 2.35. The zero-order valence-corrected chi connectivity index (χ0v) is 8.93. The molecule has 2 N–H and O–H groups in total. The van der Waals surface area contributed by atoms with E-state index < -0.39 is 0 Å². The summed E-state index contributed by atoms with van der Waals surface area (Å²) >= 11 is 5.85. The Kier molecular flexibility index (Phi) is 3.95. The molecule has 0 spiro atoms. The summed E-state index contributed by atoms with van der Waals surface area (Å²) in [5, 5.41) is 14.2. The highest BCUT2D eigenvalue weighted by atomic mass is 35.5. The van der Waals surface area contributed by atoms with Gasteiger partial charge in [0, 0.05) is 6.54 Å². The Bertz CT molecular complexity index is 412. The molecule has 0 fully saturated rings. The predicted molar refractivity (Wildman–Crippen MR) is 58.9 cm³/mol. The highest BCUT2D eigenvalue weighted by molar-refractivity contribution is 6.33. The second-order valence-electron chi connectivity index (χ2n) is 2.79. The lowest BCUT2D eigenvalue weighted by Gasteiger charge is -2.07. The number of rotatable bonds is 2. The van der Waals surface area contributed by atoms with Gasteiger partial charge in [-0.3, -0.25) is 0 Å². The molecular weight excluding hydrogens is 214 g/mol. The Morgan fingerprint density at radius 2 is 2.33 bits per heavy atom. The van der Waals surface area contributed by atoms with Gasteiger partial charge < -0.3 is 10.6 Å². The van der Waals surface area contributed by atoms with Crippen molar-refractivity contribution in [3.8, 4) is 6.07 Å². The minimum absolute atomic E-state index is 0.338. The molecule has 0 bridgehead atoms. The smallest absolute Gasteiger partial charge is 0.319 e. The number of halogens is 1. The molecule has 5 heteroatoms. The summed E-state index contributed by atoms with van der Waals surface area (Å²) in [5.41, 5.74) is 0.882. The lowest BCUT2D eigenvalue weighted by molar-refractivity contribution is 0.252. The summed E-state index contributed by atoms with van der Waals surface area (Å²) in [6.45, 7) is 2.34. The molecule has 0 radical (unpaired) electrons. The highest BCUT2D eigenvalue weighted by Crippen LogP contribution is 2.22. The van der Waals surface area contributed by atoms with Gasteiger partial charge in [-0.1, -0.05) is 11.6 Å². The van der Waals surface area contributed by atoms with Crippen LogP contribution < -0.4 is 10.6 Å². The molecule has 0 unspecified atom stereocenters. The topological polar surface area (TPSA) is 64.9 Å². The van der Waals surface area contributed by atoms with E-state index in [2.05, 4.69) is 10.6 Å². The Morgan fingerprint density at radius 3 is 2.93 bits per heavy atom. The van der Waals surface area contributed by atoms with E-state index >= 15 is 0 Å². The first-order valence-electron chi connectivity index (χ1n) is 4.42. The van der Waals surface area contributed by atoms with Gasteiger partial charge in [-0.25, -0.2) is 4.79 Å². The van der Waals surface area contributed by atoms with Crippen LogP contribution in [0.4, 0.5) is 10.5 Å². The fourth-order valence-electron chi connectivity index (χ4n) is 1.02. The van der Waals surface area contributed by atoms with E-state index in [0.717, 1.165) is 0 Å². The lowest BCUT2D eigenvalue weighted by atomic mass is 10.2. The van der Waals surface area contributed by atoms with Crippen molar-refractivity contribution in [1.82, 2.24) is 5.32 Å². The van der Waals surface area contributed by atoms with Crippen molar-refractivity contribution in [2.45, 2.75) is 6.92 Å². The van der Waals surface area contributed by atoms with E-state index in [1.54, 1.807) is 12.1 Å². The molecule has 15 heavy (non-hydrogen) atoms. The first-order valence-corrected chi connectivity index (χ1v) is 4.79. The van der Waals surface area contributed by atoms with Crippen molar-refractivity contribution in [3.63, 3.8) is 0 Å². The van der Waals surface area contributed by atoms with Gasteiger partial charge in [-0.05, 0) is 25.1 Å². The molecule has 0 aromatic heterocycles. The number of nitrogens with zero attached hydrogens (tertiary/aromatic N) is 1. The van der Waals surface area contributed by atoms with E-state index in [9.17, 15) is 4.79 Å². The molecule has 1 aromatic carbocycles. The Balaban J connectivity index is 2.85. The summed E-state index contributed by atoms with van der Waals surface area (Å²) in [7, 11) is 0. The van der Waals surface area contributed by atoms with Crippen LogP contribution >= 0.6 is 11.6 Å². The van der Waals surface area contributed by atoms with Gasteiger partial charge in [0.15, 0.2) is 0 Å². The van der Waals surface area contributed by atoms with Crippen molar-refractivity contribution >= 4 is 23.3 Å². The molecular formula is C10H10ClN3O. The number of benzene rings is 1. The number of amides is 2. The molecule has 0 aliphatic heterocycles. The molecule has 1 rings (SSSR count). The fourth-order valence-corrected chi connectivity index (χ4v) is 1.18. The van der Waals surface area contributed by atoms with E-state index in [0.29, 0.717) is 22.8 Å². The summed E-state index contributed by atoms with van der Waals surface area (Å²) in [6, 6.07) is 6.32. The third-order valence-electron chi connectivity index (χ3n) is 1.68.